The molecule has 5 aromatic rings. The Bertz CT molecular complexity index is 1470. The maximum atomic E-state index is 13.3. The van der Waals surface area contributed by atoms with E-state index in [2.05, 4.69) is 30.2 Å². The third-order valence-electron chi connectivity index (χ3n) is 5.21. The minimum Gasteiger partial charge on any atom is -0.329 e. The van der Waals surface area contributed by atoms with Gasteiger partial charge in [-0.15, -0.1) is 0 Å². The lowest BCUT2D eigenvalue weighted by Gasteiger charge is -2.07. The first-order valence-electron chi connectivity index (χ1n) is 10.4. The third-order valence-corrected chi connectivity index (χ3v) is 5.21. The Morgan fingerprint density at radius 1 is 1.09 bits per heavy atom. The topological polar surface area (TPSA) is 120 Å². The van der Waals surface area contributed by atoms with Crippen molar-refractivity contribution in [1.82, 2.24) is 33.9 Å². The number of imidazole rings is 1. The van der Waals surface area contributed by atoms with Crippen LogP contribution < -0.4 is 5.32 Å². The summed E-state index contributed by atoms with van der Waals surface area (Å²) < 4.78 is 3.69. The van der Waals surface area contributed by atoms with Crippen molar-refractivity contribution in [2.45, 2.75) is 26.3 Å². The number of nitrogens with one attached hydrogen (secondary N) is 1. The molecular formula is C23H20N8O2. The Morgan fingerprint density at radius 3 is 2.79 bits per heavy atom. The van der Waals surface area contributed by atoms with Gasteiger partial charge in [-0.25, -0.2) is 19.9 Å². The molecule has 5 aromatic heterocycles. The molecule has 0 atom stereocenters. The van der Waals surface area contributed by atoms with Crippen LogP contribution in [0.15, 0.2) is 61.8 Å². The molecule has 0 radical (unpaired) electrons. The fourth-order valence-electron chi connectivity index (χ4n) is 3.69. The zero-order valence-electron chi connectivity index (χ0n) is 18.0. The fourth-order valence-corrected chi connectivity index (χ4v) is 3.69. The van der Waals surface area contributed by atoms with E-state index in [0.717, 1.165) is 0 Å². The lowest BCUT2D eigenvalue weighted by molar-refractivity contribution is -0.115. The number of amides is 1. The van der Waals surface area contributed by atoms with E-state index < -0.39 is 0 Å². The quantitative estimate of drug-likeness (QED) is 0.403. The second kappa shape index (κ2) is 8.23. The van der Waals surface area contributed by atoms with Gasteiger partial charge in [0.25, 0.3) is 0 Å². The molecule has 1 N–H and O–H groups in total. The van der Waals surface area contributed by atoms with Crippen LogP contribution in [0, 0.1) is 0 Å². The Morgan fingerprint density at radius 2 is 1.97 bits per heavy atom. The number of nitrogens with zero attached hydrogens (tertiary/aromatic N) is 7. The molecule has 10 heteroatoms. The minimum absolute atomic E-state index is 0.0702. The van der Waals surface area contributed by atoms with Crippen LogP contribution in [0.5, 0.6) is 0 Å². The Kier molecular flexibility index (Phi) is 5.09. The molecule has 0 spiro atoms. The molecule has 0 aliphatic carbocycles. The molecule has 164 valence electrons. The number of rotatable bonds is 6. The molecule has 5 rings (SSSR count). The number of hydrogen-bond acceptors (Lipinski definition) is 7. The van der Waals surface area contributed by atoms with Crippen molar-refractivity contribution in [3.8, 4) is 0 Å². The largest absolute Gasteiger partial charge is 0.329 e. The van der Waals surface area contributed by atoms with Gasteiger partial charge in [-0.2, -0.15) is 0 Å². The molecule has 0 unspecified atom stereocenters. The zero-order valence-corrected chi connectivity index (χ0v) is 18.0. The molecule has 0 fully saturated rings. The Balaban J connectivity index is 1.37. The van der Waals surface area contributed by atoms with E-state index >= 15 is 0 Å². The van der Waals surface area contributed by atoms with Crippen molar-refractivity contribution >= 4 is 34.2 Å². The van der Waals surface area contributed by atoms with Gasteiger partial charge in [0.05, 0.1) is 29.6 Å². The van der Waals surface area contributed by atoms with Crippen LogP contribution in [-0.2, 0) is 11.2 Å². The van der Waals surface area contributed by atoms with Crippen LogP contribution in [0.1, 0.15) is 41.5 Å². The van der Waals surface area contributed by atoms with Gasteiger partial charge in [-0.05, 0) is 26.0 Å². The maximum Gasteiger partial charge on any atom is 0.233 e. The third kappa shape index (κ3) is 3.93. The molecule has 33 heavy (non-hydrogen) atoms. The average molecular weight is 440 g/mol. The zero-order chi connectivity index (χ0) is 22.9. The normalized spacial score (nSPS) is 11.4. The molecule has 0 aromatic carbocycles. The Labute approximate surface area is 188 Å². The molecule has 10 nitrogen and oxygen atoms in total. The number of fused-ring (bicyclic) bond motifs is 2. The maximum absolute atomic E-state index is 13.3. The van der Waals surface area contributed by atoms with Crippen molar-refractivity contribution in [2.75, 3.05) is 5.32 Å². The van der Waals surface area contributed by atoms with Crippen LogP contribution >= 0.6 is 0 Å². The second-order valence-corrected chi connectivity index (χ2v) is 7.88. The van der Waals surface area contributed by atoms with Crippen molar-refractivity contribution in [2.24, 2.45) is 0 Å². The molecule has 0 saturated carbocycles. The summed E-state index contributed by atoms with van der Waals surface area (Å²) in [5.74, 6) is 0.0398. The van der Waals surface area contributed by atoms with E-state index in [-0.39, 0.29) is 24.2 Å². The van der Waals surface area contributed by atoms with Crippen LogP contribution in [0.2, 0.25) is 0 Å². The SMILES string of the molecule is CC(C)n1cc(C(=O)c2cncc(NC(=O)Cc3cn4cccnc4n3)c2)c2cncnc21. The predicted molar refractivity (Wildman–Crippen MR) is 121 cm³/mol. The highest BCUT2D eigenvalue weighted by atomic mass is 16.1. The van der Waals surface area contributed by atoms with Gasteiger partial charge in [0.1, 0.15) is 12.0 Å². The Hall–Kier alpha value is -4.47. The van der Waals surface area contributed by atoms with E-state index in [9.17, 15) is 9.59 Å². The van der Waals surface area contributed by atoms with Crippen molar-refractivity contribution in [3.05, 3.63) is 78.7 Å². The predicted octanol–water partition coefficient (Wildman–Crippen LogP) is 2.86. The number of carbonyl (C=O) groups is 2. The summed E-state index contributed by atoms with van der Waals surface area (Å²) >= 11 is 0. The van der Waals surface area contributed by atoms with Gasteiger partial charge in [-0.1, -0.05) is 0 Å². The molecule has 1 amide bonds. The van der Waals surface area contributed by atoms with Gasteiger partial charge in [0.2, 0.25) is 11.7 Å². The summed E-state index contributed by atoms with van der Waals surface area (Å²) in [6, 6.07) is 3.53. The number of hydrogen-bond donors (Lipinski definition) is 1. The van der Waals surface area contributed by atoms with E-state index in [4.69, 9.17) is 0 Å². The van der Waals surface area contributed by atoms with Crippen molar-refractivity contribution in [1.29, 1.82) is 0 Å². The van der Waals surface area contributed by atoms with Gasteiger partial charge >= 0.3 is 0 Å². The number of anilines is 1. The monoisotopic (exact) mass is 440 g/mol. The van der Waals surface area contributed by atoms with Crippen LogP contribution in [0.4, 0.5) is 5.69 Å². The number of ketones is 1. The first kappa shape index (κ1) is 20.4. The average Bonchev–Trinajstić information content (AvgIpc) is 3.39. The van der Waals surface area contributed by atoms with Crippen molar-refractivity contribution < 1.29 is 9.59 Å². The molecule has 5 heterocycles. The molecule has 0 saturated heterocycles. The standard InChI is InChI=1S/C23H20N8O2/c1-14(2)31-12-19(18-10-25-13-27-22(18)31)21(33)15-6-16(9-24-8-15)28-20(32)7-17-11-30-5-3-4-26-23(30)29-17/h3-6,8-14H,7H2,1-2H3,(H,28,32). The number of carbonyl (C=O) groups excluding carboxylic acids is 2. The van der Waals surface area contributed by atoms with Crippen LogP contribution in [-0.4, -0.2) is 45.6 Å². The highest BCUT2D eigenvalue weighted by molar-refractivity contribution is 6.16. The summed E-state index contributed by atoms with van der Waals surface area (Å²) in [7, 11) is 0. The fraction of sp³-hybridized carbons (Fsp3) is 0.174. The lowest BCUT2D eigenvalue weighted by atomic mass is 10.1. The highest BCUT2D eigenvalue weighted by Gasteiger charge is 2.20. The summed E-state index contributed by atoms with van der Waals surface area (Å²) in [5.41, 5.74) is 2.56. The number of pyridine rings is 1. The summed E-state index contributed by atoms with van der Waals surface area (Å²) in [6.45, 7) is 4.04. The summed E-state index contributed by atoms with van der Waals surface area (Å²) in [6.07, 6.45) is 13.2. The van der Waals surface area contributed by atoms with Gasteiger partial charge in [0.15, 0.2) is 5.78 Å². The first-order chi connectivity index (χ1) is 16.0. The van der Waals surface area contributed by atoms with Crippen LogP contribution in [0.25, 0.3) is 16.8 Å². The molecule has 0 bridgehead atoms. The van der Waals surface area contributed by atoms with Crippen LogP contribution in [0.3, 0.4) is 0 Å². The van der Waals surface area contributed by atoms with Gasteiger partial charge in [-0.3, -0.25) is 19.0 Å². The number of aromatic nitrogens is 7. The van der Waals surface area contributed by atoms with E-state index in [1.54, 1.807) is 41.3 Å². The van der Waals surface area contributed by atoms with E-state index in [1.807, 2.05) is 24.6 Å². The van der Waals surface area contributed by atoms with E-state index in [1.165, 1.54) is 18.7 Å². The van der Waals surface area contributed by atoms with Crippen molar-refractivity contribution in [3.63, 3.8) is 0 Å². The molecular weight excluding hydrogens is 420 g/mol. The molecule has 0 aliphatic rings. The van der Waals surface area contributed by atoms with Gasteiger partial charge < -0.3 is 9.88 Å². The minimum atomic E-state index is -0.269. The van der Waals surface area contributed by atoms with Gasteiger partial charge in [0, 0.05) is 54.2 Å². The smallest absolute Gasteiger partial charge is 0.233 e. The summed E-state index contributed by atoms with van der Waals surface area (Å²) in [5, 5.41) is 3.46. The first-order valence-corrected chi connectivity index (χ1v) is 10.4. The van der Waals surface area contributed by atoms with E-state index in [0.29, 0.717) is 39.3 Å². The second-order valence-electron chi connectivity index (χ2n) is 7.88. The lowest BCUT2D eigenvalue weighted by Crippen LogP contribution is -2.15. The summed E-state index contributed by atoms with van der Waals surface area (Å²) in [4.78, 5) is 46.9. The molecule has 0 aliphatic heterocycles. The highest BCUT2D eigenvalue weighted by Crippen LogP contribution is 2.25.